The van der Waals surface area contributed by atoms with Gasteiger partial charge in [0.2, 0.25) is 0 Å². The molecule has 2 N–H and O–H groups in total. The maximum atomic E-state index is 5.65. The predicted molar refractivity (Wildman–Crippen MR) is 46.6 cm³/mol. The predicted octanol–water partition coefficient (Wildman–Crippen LogP) is 1.37. The van der Waals surface area contributed by atoms with Gasteiger partial charge in [0.1, 0.15) is 0 Å². The highest BCUT2D eigenvalue weighted by atomic mass is 14.8. The van der Waals surface area contributed by atoms with E-state index in [0.717, 1.165) is 11.4 Å². The van der Waals surface area contributed by atoms with Crippen LogP contribution in [0.25, 0.3) is 0 Å². The fourth-order valence-electron chi connectivity index (χ4n) is 1.17. The fourth-order valence-corrected chi connectivity index (χ4v) is 1.17. The van der Waals surface area contributed by atoms with Crippen LogP contribution >= 0.6 is 0 Å². The first-order valence-electron chi connectivity index (χ1n) is 4.35. The molecule has 64 valence electrons. The summed E-state index contributed by atoms with van der Waals surface area (Å²) in [5, 5.41) is 0. The Morgan fingerprint density at radius 2 is 2.17 bits per heavy atom. The second kappa shape index (κ2) is 2.83. The number of nitrogens with two attached hydrogens (primary N) is 1. The van der Waals surface area contributed by atoms with E-state index in [1.54, 1.807) is 6.20 Å². The van der Waals surface area contributed by atoms with Crippen molar-refractivity contribution in [1.29, 1.82) is 0 Å². The van der Waals surface area contributed by atoms with Gasteiger partial charge in [0.15, 0.2) is 0 Å². The topological polar surface area (TPSA) is 51.8 Å². The molecule has 0 radical (unpaired) electrons. The monoisotopic (exact) mass is 163 g/mol. The van der Waals surface area contributed by atoms with Gasteiger partial charge in [-0.2, -0.15) is 0 Å². The molecular weight excluding hydrogens is 150 g/mol. The molecule has 1 aliphatic rings. The average molecular weight is 163 g/mol. The molecule has 0 aromatic carbocycles. The van der Waals surface area contributed by atoms with E-state index in [4.69, 9.17) is 5.73 Å². The van der Waals surface area contributed by atoms with Gasteiger partial charge >= 0.3 is 0 Å². The highest BCUT2D eigenvalue weighted by Gasteiger charge is 2.25. The summed E-state index contributed by atoms with van der Waals surface area (Å²) < 4.78 is 0. The average Bonchev–Trinajstić information content (AvgIpc) is 2.87. The lowest BCUT2D eigenvalue weighted by Gasteiger charge is -2.03. The molecule has 0 amide bonds. The van der Waals surface area contributed by atoms with E-state index in [2.05, 4.69) is 9.97 Å². The summed E-state index contributed by atoms with van der Waals surface area (Å²) in [6, 6.07) is -0.00856. The summed E-state index contributed by atoms with van der Waals surface area (Å²) in [5.74, 6) is 0.680. The molecule has 1 heterocycles. The minimum atomic E-state index is -0.00856. The largest absolute Gasteiger partial charge is 0.323 e. The van der Waals surface area contributed by atoms with Crippen molar-refractivity contribution >= 4 is 0 Å². The van der Waals surface area contributed by atoms with Crippen LogP contribution in [0.15, 0.2) is 12.4 Å². The van der Waals surface area contributed by atoms with Crippen LogP contribution in [0.4, 0.5) is 0 Å². The van der Waals surface area contributed by atoms with E-state index in [1.807, 2.05) is 13.1 Å². The molecule has 3 heteroatoms. The second-order valence-corrected chi connectivity index (χ2v) is 3.43. The van der Waals surface area contributed by atoms with Crippen LogP contribution in [0.2, 0.25) is 0 Å². The van der Waals surface area contributed by atoms with Gasteiger partial charge in [-0.25, -0.2) is 0 Å². The van der Waals surface area contributed by atoms with Gasteiger partial charge in [-0.15, -0.1) is 0 Å². The van der Waals surface area contributed by atoms with Gasteiger partial charge < -0.3 is 5.73 Å². The van der Waals surface area contributed by atoms with Gasteiger partial charge in [0.25, 0.3) is 0 Å². The van der Waals surface area contributed by atoms with E-state index in [9.17, 15) is 0 Å². The van der Waals surface area contributed by atoms with Crippen molar-refractivity contribution in [1.82, 2.24) is 9.97 Å². The third-order valence-electron chi connectivity index (χ3n) is 2.15. The first-order chi connectivity index (χ1) is 5.77. The van der Waals surface area contributed by atoms with Crippen molar-refractivity contribution in [3.05, 3.63) is 23.8 Å². The number of nitrogens with zero attached hydrogens (tertiary/aromatic N) is 2. The van der Waals surface area contributed by atoms with E-state index in [-0.39, 0.29) is 6.04 Å². The van der Waals surface area contributed by atoms with Crippen molar-refractivity contribution in [2.45, 2.75) is 31.7 Å². The first-order valence-corrected chi connectivity index (χ1v) is 4.35. The smallest absolute Gasteiger partial charge is 0.0751 e. The number of hydrogen-bond donors (Lipinski definition) is 1. The molecule has 1 fully saturated rings. The summed E-state index contributed by atoms with van der Waals surface area (Å²) in [6.45, 7) is 1.92. The summed E-state index contributed by atoms with van der Waals surface area (Å²) in [4.78, 5) is 8.57. The van der Waals surface area contributed by atoms with Gasteiger partial charge in [-0.1, -0.05) is 0 Å². The van der Waals surface area contributed by atoms with E-state index in [1.165, 1.54) is 12.8 Å². The highest BCUT2D eigenvalue weighted by Crippen LogP contribution is 2.38. The van der Waals surface area contributed by atoms with Gasteiger partial charge in [-0.3, -0.25) is 9.97 Å². The number of aromatic nitrogens is 2. The molecule has 0 aliphatic heterocycles. The Hall–Kier alpha value is -0.960. The van der Waals surface area contributed by atoms with Crippen molar-refractivity contribution in [3.63, 3.8) is 0 Å². The van der Waals surface area contributed by atoms with Crippen molar-refractivity contribution in [2.75, 3.05) is 0 Å². The summed E-state index contributed by atoms with van der Waals surface area (Å²) >= 11 is 0. The lowest BCUT2D eigenvalue weighted by molar-refractivity contribution is 0.764. The first kappa shape index (κ1) is 7.68. The molecule has 2 rings (SSSR count). The van der Waals surface area contributed by atoms with E-state index >= 15 is 0 Å². The zero-order chi connectivity index (χ0) is 8.55. The Bertz CT molecular complexity index is 241. The van der Waals surface area contributed by atoms with Crippen molar-refractivity contribution in [2.24, 2.45) is 5.73 Å². The zero-order valence-corrected chi connectivity index (χ0v) is 7.20. The molecule has 1 unspecified atom stereocenters. The third kappa shape index (κ3) is 1.46. The van der Waals surface area contributed by atoms with Crippen LogP contribution in [0.1, 0.15) is 43.1 Å². The second-order valence-electron chi connectivity index (χ2n) is 3.43. The maximum absolute atomic E-state index is 5.65. The van der Waals surface area contributed by atoms with Gasteiger partial charge in [-0.05, 0) is 19.8 Å². The molecule has 3 nitrogen and oxygen atoms in total. The van der Waals surface area contributed by atoms with Crippen LogP contribution in [0.5, 0.6) is 0 Å². The van der Waals surface area contributed by atoms with Gasteiger partial charge in [0, 0.05) is 18.2 Å². The number of rotatable bonds is 2. The molecule has 0 saturated heterocycles. The van der Waals surface area contributed by atoms with Crippen LogP contribution in [0, 0.1) is 0 Å². The van der Waals surface area contributed by atoms with Gasteiger partial charge in [0.05, 0.1) is 17.6 Å². The van der Waals surface area contributed by atoms with E-state index < -0.39 is 0 Å². The molecule has 0 spiro atoms. The molecule has 1 atom stereocenters. The summed E-state index contributed by atoms with van der Waals surface area (Å²) in [7, 11) is 0. The zero-order valence-electron chi connectivity index (χ0n) is 7.20. The lowest BCUT2D eigenvalue weighted by atomic mass is 10.2. The van der Waals surface area contributed by atoms with Crippen LogP contribution < -0.4 is 5.73 Å². The minimum Gasteiger partial charge on any atom is -0.323 e. The lowest BCUT2D eigenvalue weighted by Crippen LogP contribution is -2.08. The summed E-state index contributed by atoms with van der Waals surface area (Å²) in [6.07, 6.45) is 6.19. The Morgan fingerprint density at radius 1 is 1.42 bits per heavy atom. The standard InChI is InChI=1S/C9H13N3/c1-6(10)8-4-12-9(5-11-8)7-2-3-7/h4-7H,2-3,10H2,1H3. The van der Waals surface area contributed by atoms with Crippen LogP contribution in [0.3, 0.4) is 0 Å². The molecular formula is C9H13N3. The summed E-state index contributed by atoms with van der Waals surface area (Å²) in [5.41, 5.74) is 7.65. The Morgan fingerprint density at radius 3 is 2.58 bits per heavy atom. The number of hydrogen-bond acceptors (Lipinski definition) is 3. The SMILES string of the molecule is CC(N)c1cnc(C2CC2)cn1. The third-order valence-corrected chi connectivity index (χ3v) is 2.15. The fraction of sp³-hybridized carbons (Fsp3) is 0.556. The molecule has 12 heavy (non-hydrogen) atoms. The Balaban J connectivity index is 2.18. The molecule has 1 aromatic heterocycles. The minimum absolute atomic E-state index is 0.00856. The molecule has 1 aromatic rings. The highest BCUT2D eigenvalue weighted by molar-refractivity contribution is 5.13. The van der Waals surface area contributed by atoms with Crippen LogP contribution in [-0.2, 0) is 0 Å². The Kier molecular flexibility index (Phi) is 1.81. The van der Waals surface area contributed by atoms with Crippen molar-refractivity contribution < 1.29 is 0 Å². The molecule has 0 bridgehead atoms. The van der Waals surface area contributed by atoms with Crippen LogP contribution in [-0.4, -0.2) is 9.97 Å². The van der Waals surface area contributed by atoms with E-state index in [0.29, 0.717) is 5.92 Å². The normalized spacial score (nSPS) is 19.2. The molecule has 1 saturated carbocycles. The van der Waals surface area contributed by atoms with Crippen molar-refractivity contribution in [3.8, 4) is 0 Å². The quantitative estimate of drug-likeness (QED) is 0.716. The maximum Gasteiger partial charge on any atom is 0.0751 e. The molecule has 1 aliphatic carbocycles. The Labute approximate surface area is 72.0 Å².